The van der Waals surface area contributed by atoms with Crippen molar-refractivity contribution in [1.82, 2.24) is 0 Å². The standard InChI is InChI=1S/C16H22O6/c1-8(2)10-5-4-9(3)11(6-10)21-16-15(20)14(19)13(18)12(7-17)22-16/h4-6,8,12-13,15-18,20H,7H2,1-3H3/t12-,13-,15-,16?/m1/s1. The molecule has 4 atom stereocenters. The number of aliphatic hydroxyl groups is 3. The fourth-order valence-corrected chi connectivity index (χ4v) is 2.28. The Hall–Kier alpha value is -1.47. The minimum Gasteiger partial charge on any atom is -0.461 e. The SMILES string of the molecule is Cc1ccc(C(C)C)cc1OC1O[C@H](CO)[C@@H](O)C(=O)[C@H]1O. The van der Waals surface area contributed by atoms with Crippen molar-refractivity contribution in [3.8, 4) is 5.75 Å². The smallest absolute Gasteiger partial charge is 0.233 e. The molecule has 0 aliphatic carbocycles. The molecule has 0 saturated carbocycles. The van der Waals surface area contributed by atoms with E-state index in [1.165, 1.54) is 0 Å². The Balaban J connectivity index is 2.22. The van der Waals surface area contributed by atoms with Gasteiger partial charge in [0, 0.05) is 0 Å². The summed E-state index contributed by atoms with van der Waals surface area (Å²) in [6.45, 7) is 5.39. The molecule has 6 heteroatoms. The summed E-state index contributed by atoms with van der Waals surface area (Å²) in [5.41, 5.74) is 1.88. The van der Waals surface area contributed by atoms with Crippen LogP contribution in [0, 0.1) is 6.92 Å². The molecule has 1 aliphatic heterocycles. The van der Waals surface area contributed by atoms with Crippen LogP contribution in [-0.2, 0) is 9.53 Å². The summed E-state index contributed by atoms with van der Waals surface area (Å²) in [5, 5.41) is 28.7. The number of carbonyl (C=O) groups is 1. The second kappa shape index (κ2) is 6.75. The Morgan fingerprint density at radius 3 is 2.55 bits per heavy atom. The number of rotatable bonds is 4. The normalized spacial score (nSPS) is 29.0. The summed E-state index contributed by atoms with van der Waals surface area (Å²) in [6.07, 6.45) is -5.51. The molecular weight excluding hydrogens is 288 g/mol. The highest BCUT2D eigenvalue weighted by Gasteiger charge is 2.44. The van der Waals surface area contributed by atoms with Gasteiger partial charge in [0.05, 0.1) is 6.61 Å². The lowest BCUT2D eigenvalue weighted by molar-refractivity contribution is -0.229. The Labute approximate surface area is 129 Å². The van der Waals surface area contributed by atoms with Crippen LogP contribution in [0.5, 0.6) is 5.75 Å². The third-order valence-electron chi connectivity index (χ3n) is 3.80. The summed E-state index contributed by atoms with van der Waals surface area (Å²) < 4.78 is 10.9. The molecule has 0 aromatic heterocycles. The molecule has 0 amide bonds. The maximum absolute atomic E-state index is 11.8. The van der Waals surface area contributed by atoms with Crippen molar-refractivity contribution in [2.24, 2.45) is 0 Å². The first-order chi connectivity index (χ1) is 10.3. The van der Waals surface area contributed by atoms with E-state index in [4.69, 9.17) is 14.6 Å². The highest BCUT2D eigenvalue weighted by atomic mass is 16.7. The molecule has 1 aliphatic rings. The summed E-state index contributed by atoms with van der Waals surface area (Å²) >= 11 is 0. The number of aliphatic hydroxyl groups excluding tert-OH is 3. The molecule has 1 heterocycles. The lowest BCUT2D eigenvalue weighted by atomic mass is 10.0. The molecule has 2 rings (SSSR count). The van der Waals surface area contributed by atoms with Crippen molar-refractivity contribution in [2.75, 3.05) is 6.61 Å². The van der Waals surface area contributed by atoms with Crippen LogP contribution in [0.25, 0.3) is 0 Å². The molecule has 1 fully saturated rings. The van der Waals surface area contributed by atoms with Gasteiger partial charge in [-0.15, -0.1) is 0 Å². The monoisotopic (exact) mass is 310 g/mol. The quantitative estimate of drug-likeness (QED) is 0.750. The number of hydrogen-bond acceptors (Lipinski definition) is 6. The van der Waals surface area contributed by atoms with Crippen molar-refractivity contribution in [3.63, 3.8) is 0 Å². The maximum Gasteiger partial charge on any atom is 0.233 e. The van der Waals surface area contributed by atoms with Gasteiger partial charge in [-0.3, -0.25) is 4.79 Å². The third kappa shape index (κ3) is 3.30. The number of ether oxygens (including phenoxy) is 2. The van der Waals surface area contributed by atoms with Gasteiger partial charge < -0.3 is 24.8 Å². The van der Waals surface area contributed by atoms with Crippen molar-refractivity contribution < 1.29 is 29.6 Å². The van der Waals surface area contributed by atoms with Crippen LogP contribution in [0.4, 0.5) is 0 Å². The van der Waals surface area contributed by atoms with E-state index in [0.717, 1.165) is 11.1 Å². The predicted molar refractivity (Wildman–Crippen MR) is 78.7 cm³/mol. The molecule has 122 valence electrons. The minimum atomic E-state index is -1.60. The van der Waals surface area contributed by atoms with E-state index >= 15 is 0 Å². The third-order valence-corrected chi connectivity index (χ3v) is 3.80. The summed E-state index contributed by atoms with van der Waals surface area (Å²) in [7, 11) is 0. The van der Waals surface area contributed by atoms with E-state index in [2.05, 4.69) is 0 Å². The maximum atomic E-state index is 11.8. The van der Waals surface area contributed by atoms with Crippen molar-refractivity contribution >= 4 is 5.78 Å². The second-order valence-electron chi connectivity index (χ2n) is 5.82. The molecule has 0 bridgehead atoms. The zero-order chi connectivity index (χ0) is 16.4. The first-order valence-corrected chi connectivity index (χ1v) is 7.28. The largest absolute Gasteiger partial charge is 0.461 e. The zero-order valence-corrected chi connectivity index (χ0v) is 12.9. The van der Waals surface area contributed by atoms with E-state index in [0.29, 0.717) is 11.7 Å². The molecule has 0 radical (unpaired) electrons. The van der Waals surface area contributed by atoms with E-state index < -0.39 is 37.0 Å². The highest BCUT2D eigenvalue weighted by Crippen LogP contribution is 2.28. The van der Waals surface area contributed by atoms with Crippen molar-refractivity contribution in [2.45, 2.75) is 51.3 Å². The van der Waals surface area contributed by atoms with Crippen molar-refractivity contribution in [3.05, 3.63) is 29.3 Å². The summed E-state index contributed by atoms with van der Waals surface area (Å²) in [6, 6.07) is 5.70. The Kier molecular flexibility index (Phi) is 5.18. The average Bonchev–Trinajstić information content (AvgIpc) is 2.49. The number of hydrogen-bond donors (Lipinski definition) is 3. The Morgan fingerprint density at radius 1 is 1.27 bits per heavy atom. The highest BCUT2D eigenvalue weighted by molar-refractivity contribution is 5.88. The van der Waals surface area contributed by atoms with Gasteiger partial charge in [0.15, 0.2) is 11.9 Å². The van der Waals surface area contributed by atoms with Gasteiger partial charge in [-0.1, -0.05) is 26.0 Å². The van der Waals surface area contributed by atoms with Gasteiger partial charge in [0.2, 0.25) is 6.29 Å². The zero-order valence-electron chi connectivity index (χ0n) is 12.9. The lowest BCUT2D eigenvalue weighted by Gasteiger charge is -2.35. The van der Waals surface area contributed by atoms with Crippen molar-refractivity contribution in [1.29, 1.82) is 0 Å². The van der Waals surface area contributed by atoms with Gasteiger partial charge in [0.25, 0.3) is 0 Å². The van der Waals surface area contributed by atoms with Gasteiger partial charge in [-0.25, -0.2) is 0 Å². The fourth-order valence-electron chi connectivity index (χ4n) is 2.28. The fraction of sp³-hybridized carbons (Fsp3) is 0.562. The molecular formula is C16H22O6. The topological polar surface area (TPSA) is 96.2 Å². The van der Waals surface area contributed by atoms with Gasteiger partial charge in [-0.05, 0) is 30.0 Å². The van der Waals surface area contributed by atoms with Crippen LogP contribution in [0.3, 0.4) is 0 Å². The van der Waals surface area contributed by atoms with E-state index in [-0.39, 0.29) is 0 Å². The molecule has 1 unspecified atom stereocenters. The van der Waals surface area contributed by atoms with E-state index in [1.807, 2.05) is 39.0 Å². The average molecular weight is 310 g/mol. The summed E-state index contributed by atoms with van der Waals surface area (Å²) in [5.74, 6) is -0.0158. The summed E-state index contributed by atoms with van der Waals surface area (Å²) in [4.78, 5) is 11.8. The first kappa shape index (κ1) is 16.9. The predicted octanol–water partition coefficient (Wildman–Crippen LogP) is 0.505. The molecule has 22 heavy (non-hydrogen) atoms. The van der Waals surface area contributed by atoms with Gasteiger partial charge in [-0.2, -0.15) is 0 Å². The number of aryl methyl sites for hydroxylation is 1. The van der Waals surface area contributed by atoms with Crippen LogP contribution in [0.15, 0.2) is 18.2 Å². The molecule has 1 saturated heterocycles. The number of Topliss-reactive ketones (excluding diaryl/α,β-unsaturated/α-hetero) is 1. The second-order valence-corrected chi connectivity index (χ2v) is 5.82. The van der Waals surface area contributed by atoms with Crippen LogP contribution in [0.1, 0.15) is 30.9 Å². The van der Waals surface area contributed by atoms with Crippen LogP contribution in [-0.4, -0.2) is 52.3 Å². The van der Waals surface area contributed by atoms with E-state index in [1.54, 1.807) is 0 Å². The number of carbonyl (C=O) groups excluding carboxylic acids is 1. The Bertz CT molecular complexity index is 541. The molecule has 1 aromatic carbocycles. The first-order valence-electron chi connectivity index (χ1n) is 7.28. The minimum absolute atomic E-state index is 0.300. The molecule has 0 spiro atoms. The van der Waals surface area contributed by atoms with Crippen LogP contribution >= 0.6 is 0 Å². The molecule has 1 aromatic rings. The van der Waals surface area contributed by atoms with E-state index in [9.17, 15) is 15.0 Å². The number of ketones is 1. The molecule has 3 N–H and O–H groups in total. The lowest BCUT2D eigenvalue weighted by Crippen LogP contribution is -2.57. The number of benzene rings is 1. The van der Waals surface area contributed by atoms with Crippen LogP contribution < -0.4 is 4.74 Å². The van der Waals surface area contributed by atoms with Gasteiger partial charge in [0.1, 0.15) is 18.0 Å². The van der Waals surface area contributed by atoms with Gasteiger partial charge >= 0.3 is 0 Å². The molecule has 6 nitrogen and oxygen atoms in total. The Morgan fingerprint density at radius 2 is 1.95 bits per heavy atom. The van der Waals surface area contributed by atoms with Crippen LogP contribution in [0.2, 0.25) is 0 Å².